The number of aromatic nitrogens is 1. The summed E-state index contributed by atoms with van der Waals surface area (Å²) in [5.41, 5.74) is 7.94. The molecule has 1 aromatic carbocycles. The van der Waals surface area contributed by atoms with Gasteiger partial charge in [-0.2, -0.15) is 0 Å². The standard InChI is InChI=1S/C15H18N2O3S/c1-18-11-4-2-3-10(5-11)6-14-13(17-15(16)21-14)9-20-12-7-19-8-12/h2-5,12H,6-9H2,1H3,(H2,16,17). The molecule has 0 bridgehead atoms. The molecule has 6 heteroatoms. The van der Waals surface area contributed by atoms with Crippen molar-refractivity contribution in [2.24, 2.45) is 0 Å². The Bertz CT molecular complexity index is 611. The van der Waals surface area contributed by atoms with Gasteiger partial charge in [0.2, 0.25) is 0 Å². The van der Waals surface area contributed by atoms with Crippen molar-refractivity contribution >= 4 is 16.5 Å². The summed E-state index contributed by atoms with van der Waals surface area (Å²) >= 11 is 1.51. The van der Waals surface area contributed by atoms with Crippen LogP contribution in [0.5, 0.6) is 5.75 Å². The lowest BCUT2D eigenvalue weighted by Crippen LogP contribution is -2.35. The molecule has 1 aromatic heterocycles. The lowest BCUT2D eigenvalue weighted by atomic mass is 10.1. The summed E-state index contributed by atoms with van der Waals surface area (Å²) in [7, 11) is 1.67. The summed E-state index contributed by atoms with van der Waals surface area (Å²) in [4.78, 5) is 5.52. The fraction of sp³-hybridized carbons (Fsp3) is 0.400. The van der Waals surface area contributed by atoms with E-state index in [2.05, 4.69) is 11.1 Å². The van der Waals surface area contributed by atoms with Crippen molar-refractivity contribution in [1.29, 1.82) is 0 Å². The molecule has 1 saturated heterocycles. The zero-order valence-electron chi connectivity index (χ0n) is 11.9. The molecule has 2 heterocycles. The Balaban J connectivity index is 1.71. The minimum absolute atomic E-state index is 0.192. The molecule has 0 radical (unpaired) electrons. The highest BCUT2D eigenvalue weighted by molar-refractivity contribution is 7.15. The summed E-state index contributed by atoms with van der Waals surface area (Å²) < 4.78 is 16.1. The van der Waals surface area contributed by atoms with Crippen molar-refractivity contribution < 1.29 is 14.2 Å². The van der Waals surface area contributed by atoms with Gasteiger partial charge < -0.3 is 19.9 Å². The molecule has 3 rings (SSSR count). The molecule has 1 aliphatic rings. The second-order valence-electron chi connectivity index (χ2n) is 4.92. The maximum absolute atomic E-state index is 5.84. The third kappa shape index (κ3) is 3.53. The van der Waals surface area contributed by atoms with E-state index < -0.39 is 0 Å². The normalized spacial score (nSPS) is 14.9. The number of benzene rings is 1. The molecule has 112 valence electrons. The molecule has 0 spiro atoms. The first-order chi connectivity index (χ1) is 10.2. The van der Waals surface area contributed by atoms with Crippen molar-refractivity contribution in [3.05, 3.63) is 40.4 Å². The van der Waals surface area contributed by atoms with Crippen LogP contribution in [-0.2, 0) is 22.5 Å². The van der Waals surface area contributed by atoms with Crippen molar-refractivity contribution in [2.45, 2.75) is 19.1 Å². The van der Waals surface area contributed by atoms with E-state index in [0.29, 0.717) is 25.0 Å². The van der Waals surface area contributed by atoms with Gasteiger partial charge in [-0.3, -0.25) is 0 Å². The van der Waals surface area contributed by atoms with Gasteiger partial charge in [0.1, 0.15) is 11.9 Å². The van der Waals surface area contributed by atoms with Crippen LogP contribution in [0, 0.1) is 0 Å². The molecule has 1 fully saturated rings. The number of rotatable bonds is 6. The second-order valence-corrected chi connectivity index (χ2v) is 6.04. The number of ether oxygens (including phenoxy) is 3. The Morgan fingerprint density at radius 1 is 1.43 bits per heavy atom. The largest absolute Gasteiger partial charge is 0.497 e. The number of hydrogen-bond donors (Lipinski definition) is 1. The molecule has 0 aliphatic carbocycles. The van der Waals surface area contributed by atoms with Gasteiger partial charge in [0.05, 0.1) is 32.6 Å². The molecule has 0 saturated carbocycles. The maximum Gasteiger partial charge on any atom is 0.180 e. The van der Waals surface area contributed by atoms with E-state index >= 15 is 0 Å². The summed E-state index contributed by atoms with van der Waals surface area (Å²) in [6, 6.07) is 8.02. The first kappa shape index (κ1) is 14.3. The zero-order chi connectivity index (χ0) is 14.7. The highest BCUT2D eigenvalue weighted by atomic mass is 32.1. The van der Waals surface area contributed by atoms with E-state index in [-0.39, 0.29) is 6.10 Å². The lowest BCUT2D eigenvalue weighted by molar-refractivity contribution is -0.135. The Morgan fingerprint density at radius 3 is 3.00 bits per heavy atom. The van der Waals surface area contributed by atoms with Crippen molar-refractivity contribution in [1.82, 2.24) is 4.98 Å². The Morgan fingerprint density at radius 2 is 2.29 bits per heavy atom. The molecule has 21 heavy (non-hydrogen) atoms. The third-order valence-corrected chi connectivity index (χ3v) is 4.28. The summed E-state index contributed by atoms with van der Waals surface area (Å²) in [5.74, 6) is 0.856. The number of nitrogens with two attached hydrogens (primary N) is 1. The monoisotopic (exact) mass is 306 g/mol. The van der Waals surface area contributed by atoms with Gasteiger partial charge in [-0.05, 0) is 17.7 Å². The number of nitrogen functional groups attached to an aromatic ring is 1. The predicted molar refractivity (Wildman–Crippen MR) is 81.7 cm³/mol. The number of nitrogens with zero attached hydrogens (tertiary/aromatic N) is 1. The highest BCUT2D eigenvalue weighted by Gasteiger charge is 2.20. The van der Waals surface area contributed by atoms with Crippen LogP contribution in [0.1, 0.15) is 16.1 Å². The molecule has 5 nitrogen and oxygen atoms in total. The van der Waals surface area contributed by atoms with E-state index in [0.717, 1.165) is 22.7 Å². The number of thiazole rings is 1. The average molecular weight is 306 g/mol. The number of anilines is 1. The molecule has 0 atom stereocenters. The van der Waals surface area contributed by atoms with Gasteiger partial charge in [-0.1, -0.05) is 12.1 Å². The highest BCUT2D eigenvalue weighted by Crippen LogP contribution is 2.26. The molecular formula is C15H18N2O3S. The van der Waals surface area contributed by atoms with Gasteiger partial charge in [-0.25, -0.2) is 4.98 Å². The molecule has 2 N–H and O–H groups in total. The quantitative estimate of drug-likeness (QED) is 0.886. The van der Waals surface area contributed by atoms with Crippen LogP contribution in [0.2, 0.25) is 0 Å². The molecule has 0 unspecified atom stereocenters. The molecular weight excluding hydrogens is 288 g/mol. The van der Waals surface area contributed by atoms with Crippen molar-refractivity contribution in [3.63, 3.8) is 0 Å². The van der Waals surface area contributed by atoms with Crippen LogP contribution in [0.4, 0.5) is 5.13 Å². The summed E-state index contributed by atoms with van der Waals surface area (Å²) in [6.07, 6.45) is 0.976. The predicted octanol–water partition coefficient (Wildman–Crippen LogP) is 2.24. The first-order valence-electron chi connectivity index (χ1n) is 6.81. The first-order valence-corrected chi connectivity index (χ1v) is 7.62. The molecule has 1 aliphatic heterocycles. The van der Waals surface area contributed by atoms with E-state index in [1.165, 1.54) is 16.9 Å². The minimum Gasteiger partial charge on any atom is -0.497 e. The van der Waals surface area contributed by atoms with Crippen LogP contribution < -0.4 is 10.5 Å². The topological polar surface area (TPSA) is 66.6 Å². The van der Waals surface area contributed by atoms with Crippen LogP contribution >= 0.6 is 11.3 Å². The molecule has 0 amide bonds. The van der Waals surface area contributed by atoms with Crippen LogP contribution in [-0.4, -0.2) is 31.4 Å². The van der Waals surface area contributed by atoms with Gasteiger partial charge in [0, 0.05) is 11.3 Å². The van der Waals surface area contributed by atoms with Crippen LogP contribution in [0.25, 0.3) is 0 Å². The summed E-state index contributed by atoms with van der Waals surface area (Å²) in [5, 5.41) is 0.580. The smallest absolute Gasteiger partial charge is 0.180 e. The van der Waals surface area contributed by atoms with E-state index in [1.54, 1.807) is 7.11 Å². The van der Waals surface area contributed by atoms with Gasteiger partial charge in [-0.15, -0.1) is 11.3 Å². The lowest BCUT2D eigenvalue weighted by Gasteiger charge is -2.25. The second kappa shape index (κ2) is 6.43. The van der Waals surface area contributed by atoms with Crippen molar-refractivity contribution in [3.8, 4) is 5.75 Å². The van der Waals surface area contributed by atoms with Gasteiger partial charge >= 0.3 is 0 Å². The van der Waals surface area contributed by atoms with E-state index in [4.69, 9.17) is 19.9 Å². The van der Waals surface area contributed by atoms with E-state index in [9.17, 15) is 0 Å². The van der Waals surface area contributed by atoms with Gasteiger partial charge in [0.25, 0.3) is 0 Å². The minimum atomic E-state index is 0.192. The fourth-order valence-electron chi connectivity index (χ4n) is 2.13. The summed E-state index contributed by atoms with van der Waals surface area (Å²) in [6.45, 7) is 1.83. The fourth-order valence-corrected chi connectivity index (χ4v) is 3.00. The Hall–Kier alpha value is -1.63. The Kier molecular flexibility index (Phi) is 4.38. The number of methoxy groups -OCH3 is 1. The maximum atomic E-state index is 5.84. The average Bonchev–Trinajstić information content (AvgIpc) is 2.77. The van der Waals surface area contributed by atoms with E-state index in [1.807, 2.05) is 18.2 Å². The van der Waals surface area contributed by atoms with Crippen LogP contribution in [0.15, 0.2) is 24.3 Å². The third-order valence-electron chi connectivity index (χ3n) is 3.36. The Labute approximate surface area is 127 Å². The van der Waals surface area contributed by atoms with Gasteiger partial charge in [0.15, 0.2) is 5.13 Å². The number of hydrogen-bond acceptors (Lipinski definition) is 6. The zero-order valence-corrected chi connectivity index (χ0v) is 12.7. The van der Waals surface area contributed by atoms with Crippen molar-refractivity contribution in [2.75, 3.05) is 26.1 Å². The molecule has 2 aromatic rings. The SMILES string of the molecule is COc1cccc(Cc2sc(N)nc2COC2COC2)c1. The van der Waals surface area contributed by atoms with Crippen LogP contribution in [0.3, 0.4) is 0 Å².